The molecule has 1 aromatic carbocycles. The van der Waals surface area contributed by atoms with Crippen LogP contribution < -0.4 is 10.5 Å². The van der Waals surface area contributed by atoms with E-state index >= 15 is 0 Å². The van der Waals surface area contributed by atoms with Crippen LogP contribution in [-0.4, -0.2) is 25.2 Å². The van der Waals surface area contributed by atoms with Crippen LogP contribution in [0.1, 0.15) is 19.4 Å². The number of halogens is 1. The first-order chi connectivity index (χ1) is 8.04. The molecule has 1 unspecified atom stereocenters. The summed E-state index contributed by atoms with van der Waals surface area (Å²) >= 11 is 5.98. The summed E-state index contributed by atoms with van der Waals surface area (Å²) in [6, 6.07) is 5.07. The van der Waals surface area contributed by atoms with Crippen molar-refractivity contribution in [3.63, 3.8) is 0 Å². The number of hydrogen-bond donors (Lipinski definition) is 2. The first kappa shape index (κ1) is 13.8. The molecule has 0 saturated carbocycles. The van der Waals surface area contributed by atoms with Gasteiger partial charge in [0.2, 0.25) is 0 Å². The van der Waals surface area contributed by atoms with Crippen molar-refractivity contribution in [2.75, 3.05) is 13.2 Å². The Morgan fingerprint density at radius 3 is 2.76 bits per heavy atom. The molecule has 0 aliphatic heterocycles. The van der Waals surface area contributed by atoms with E-state index in [2.05, 4.69) is 0 Å². The van der Waals surface area contributed by atoms with Gasteiger partial charge in [0, 0.05) is 12.2 Å². The van der Waals surface area contributed by atoms with Gasteiger partial charge in [0.15, 0.2) is 0 Å². The lowest BCUT2D eigenvalue weighted by atomic mass is 10.2. The minimum atomic E-state index is -0.0519. The second-order valence-corrected chi connectivity index (χ2v) is 4.05. The number of nitrogens with two attached hydrogens (primary N) is 1. The van der Waals surface area contributed by atoms with Crippen molar-refractivity contribution in [2.45, 2.75) is 20.0 Å². The zero-order chi connectivity index (χ0) is 12.8. The van der Waals surface area contributed by atoms with Gasteiger partial charge in [0.1, 0.15) is 17.7 Å². The van der Waals surface area contributed by atoms with Gasteiger partial charge in [0.25, 0.3) is 0 Å². The summed E-state index contributed by atoms with van der Waals surface area (Å²) in [5, 5.41) is 7.73. The molecule has 5 heteroatoms. The SMILES string of the molecule is CCOCC(C)Oc1ccc(C(=N)N)c(Cl)c1. The summed E-state index contributed by atoms with van der Waals surface area (Å²) < 4.78 is 10.9. The highest BCUT2D eigenvalue weighted by molar-refractivity contribution is 6.34. The Balaban J connectivity index is 2.67. The van der Waals surface area contributed by atoms with Crippen LogP contribution in [0, 0.1) is 5.41 Å². The van der Waals surface area contributed by atoms with Crippen molar-refractivity contribution in [2.24, 2.45) is 5.73 Å². The van der Waals surface area contributed by atoms with Crippen LogP contribution in [0.3, 0.4) is 0 Å². The summed E-state index contributed by atoms with van der Waals surface area (Å²) in [6.45, 7) is 5.05. The first-order valence-corrected chi connectivity index (χ1v) is 5.80. The van der Waals surface area contributed by atoms with Gasteiger partial charge in [-0.25, -0.2) is 0 Å². The minimum absolute atomic E-state index is 0.0470. The average molecular weight is 257 g/mol. The van der Waals surface area contributed by atoms with E-state index in [0.717, 1.165) is 0 Å². The maximum atomic E-state index is 7.31. The topological polar surface area (TPSA) is 68.3 Å². The van der Waals surface area contributed by atoms with E-state index in [1.54, 1.807) is 18.2 Å². The smallest absolute Gasteiger partial charge is 0.124 e. The highest BCUT2D eigenvalue weighted by atomic mass is 35.5. The normalized spacial score (nSPS) is 12.2. The second-order valence-electron chi connectivity index (χ2n) is 3.64. The number of ether oxygens (including phenoxy) is 2. The summed E-state index contributed by atoms with van der Waals surface area (Å²) in [7, 11) is 0. The zero-order valence-corrected chi connectivity index (χ0v) is 10.8. The third-order valence-corrected chi connectivity index (χ3v) is 2.44. The molecule has 0 aliphatic rings. The highest BCUT2D eigenvalue weighted by Gasteiger charge is 2.08. The summed E-state index contributed by atoms with van der Waals surface area (Å²) in [6.07, 6.45) is -0.0470. The van der Waals surface area contributed by atoms with E-state index in [-0.39, 0.29) is 11.9 Å². The van der Waals surface area contributed by atoms with Crippen LogP contribution >= 0.6 is 11.6 Å². The molecule has 0 aliphatic carbocycles. The second kappa shape index (κ2) is 6.47. The molecule has 0 saturated heterocycles. The van der Waals surface area contributed by atoms with E-state index in [1.165, 1.54) is 0 Å². The molecule has 0 spiro atoms. The van der Waals surface area contributed by atoms with Crippen LogP contribution in [0.5, 0.6) is 5.75 Å². The Morgan fingerprint density at radius 1 is 1.53 bits per heavy atom. The largest absolute Gasteiger partial charge is 0.488 e. The first-order valence-electron chi connectivity index (χ1n) is 5.43. The molecular weight excluding hydrogens is 240 g/mol. The van der Waals surface area contributed by atoms with Gasteiger partial charge in [-0.15, -0.1) is 0 Å². The monoisotopic (exact) mass is 256 g/mol. The van der Waals surface area contributed by atoms with Crippen molar-refractivity contribution < 1.29 is 9.47 Å². The van der Waals surface area contributed by atoms with Gasteiger partial charge in [-0.2, -0.15) is 0 Å². The zero-order valence-electron chi connectivity index (χ0n) is 10.00. The lowest BCUT2D eigenvalue weighted by Crippen LogP contribution is -2.19. The van der Waals surface area contributed by atoms with E-state index < -0.39 is 0 Å². The van der Waals surface area contributed by atoms with Crippen molar-refractivity contribution in [1.82, 2.24) is 0 Å². The molecule has 0 fully saturated rings. The summed E-state index contributed by atoms with van der Waals surface area (Å²) in [5.74, 6) is 0.594. The molecule has 0 heterocycles. The molecule has 0 amide bonds. The van der Waals surface area contributed by atoms with Gasteiger partial charge < -0.3 is 15.2 Å². The molecule has 1 rings (SSSR count). The van der Waals surface area contributed by atoms with Crippen LogP contribution in [-0.2, 0) is 4.74 Å². The fourth-order valence-electron chi connectivity index (χ4n) is 1.34. The fourth-order valence-corrected chi connectivity index (χ4v) is 1.61. The molecule has 17 heavy (non-hydrogen) atoms. The van der Waals surface area contributed by atoms with Crippen molar-refractivity contribution in [1.29, 1.82) is 5.41 Å². The van der Waals surface area contributed by atoms with Gasteiger partial charge in [-0.05, 0) is 32.0 Å². The van der Waals surface area contributed by atoms with E-state index in [9.17, 15) is 0 Å². The van der Waals surface area contributed by atoms with E-state index in [1.807, 2.05) is 13.8 Å². The van der Waals surface area contributed by atoms with E-state index in [0.29, 0.717) is 29.5 Å². The number of benzene rings is 1. The third-order valence-electron chi connectivity index (χ3n) is 2.12. The minimum Gasteiger partial charge on any atom is -0.488 e. The van der Waals surface area contributed by atoms with Crippen LogP contribution in [0.2, 0.25) is 5.02 Å². The lowest BCUT2D eigenvalue weighted by Gasteiger charge is -2.15. The van der Waals surface area contributed by atoms with E-state index in [4.69, 9.17) is 32.2 Å². The lowest BCUT2D eigenvalue weighted by molar-refractivity contribution is 0.0657. The van der Waals surface area contributed by atoms with Crippen LogP contribution in [0.4, 0.5) is 0 Å². The Labute approximate surface area is 106 Å². The Morgan fingerprint density at radius 2 is 2.24 bits per heavy atom. The predicted octanol–water partition coefficient (Wildman–Crippen LogP) is 2.43. The summed E-state index contributed by atoms with van der Waals surface area (Å²) in [5.41, 5.74) is 5.88. The molecule has 1 atom stereocenters. The number of rotatable bonds is 6. The maximum absolute atomic E-state index is 7.31. The van der Waals surface area contributed by atoms with Gasteiger partial charge in [-0.3, -0.25) is 5.41 Å². The Hall–Kier alpha value is -1.26. The predicted molar refractivity (Wildman–Crippen MR) is 69.1 cm³/mol. The highest BCUT2D eigenvalue weighted by Crippen LogP contribution is 2.23. The molecule has 1 aromatic rings. The van der Waals surface area contributed by atoms with Gasteiger partial charge in [0.05, 0.1) is 11.6 Å². The quantitative estimate of drug-likeness (QED) is 0.607. The molecular formula is C12H17ClN2O2. The number of amidine groups is 1. The van der Waals surface area contributed by atoms with Crippen molar-refractivity contribution in [3.05, 3.63) is 28.8 Å². The molecule has 0 aromatic heterocycles. The average Bonchev–Trinajstić information content (AvgIpc) is 2.26. The Bertz CT molecular complexity index is 396. The third kappa shape index (κ3) is 4.24. The molecule has 0 radical (unpaired) electrons. The van der Waals surface area contributed by atoms with Crippen LogP contribution in [0.15, 0.2) is 18.2 Å². The molecule has 4 nitrogen and oxygen atoms in total. The molecule has 0 bridgehead atoms. The maximum Gasteiger partial charge on any atom is 0.124 e. The Kier molecular flexibility index (Phi) is 5.25. The van der Waals surface area contributed by atoms with Crippen LogP contribution in [0.25, 0.3) is 0 Å². The van der Waals surface area contributed by atoms with Crippen molar-refractivity contribution >= 4 is 17.4 Å². The number of nitrogens with one attached hydrogen (secondary N) is 1. The van der Waals surface area contributed by atoms with Crippen molar-refractivity contribution in [3.8, 4) is 5.75 Å². The van der Waals surface area contributed by atoms with Gasteiger partial charge in [-0.1, -0.05) is 11.6 Å². The standard InChI is InChI=1S/C12H17ClN2O2/c1-3-16-7-8(2)17-9-4-5-10(12(14)15)11(13)6-9/h4-6,8H,3,7H2,1-2H3,(H3,14,15). The number of hydrogen-bond acceptors (Lipinski definition) is 3. The molecule has 94 valence electrons. The summed E-state index contributed by atoms with van der Waals surface area (Å²) in [4.78, 5) is 0. The fraction of sp³-hybridized carbons (Fsp3) is 0.417. The van der Waals surface area contributed by atoms with Gasteiger partial charge >= 0.3 is 0 Å². The molecule has 3 N–H and O–H groups in total. The number of nitrogen functional groups attached to an aromatic ring is 1.